The maximum Gasteiger partial charge on any atom is 0.292 e. The molecule has 0 spiro atoms. The Morgan fingerprint density at radius 1 is 1.30 bits per heavy atom. The summed E-state index contributed by atoms with van der Waals surface area (Å²) < 4.78 is 6.82. The fourth-order valence-corrected chi connectivity index (χ4v) is 3.18. The highest BCUT2D eigenvalue weighted by Gasteiger charge is 2.27. The maximum absolute atomic E-state index is 12.7. The van der Waals surface area contributed by atoms with Crippen LogP contribution in [0.25, 0.3) is 0 Å². The van der Waals surface area contributed by atoms with Gasteiger partial charge in [0.1, 0.15) is 11.5 Å². The molecule has 2 amide bonds. The zero-order chi connectivity index (χ0) is 19.4. The summed E-state index contributed by atoms with van der Waals surface area (Å²) in [5, 5.41) is 9.36. The first kappa shape index (κ1) is 19.1. The van der Waals surface area contributed by atoms with E-state index in [0.717, 1.165) is 37.9 Å². The van der Waals surface area contributed by atoms with E-state index in [9.17, 15) is 9.59 Å². The number of hydrogen-bond donors (Lipinski definition) is 2. The van der Waals surface area contributed by atoms with Gasteiger partial charge in [-0.15, -0.1) is 0 Å². The van der Waals surface area contributed by atoms with Crippen LogP contribution in [0.4, 0.5) is 5.82 Å². The topological polar surface area (TPSA) is 105 Å². The zero-order valence-electron chi connectivity index (χ0n) is 16.0. The molecular formula is C18H26N6O3. The molecular weight excluding hydrogens is 348 g/mol. The number of fused-ring (bicyclic) bond motifs is 1. The summed E-state index contributed by atoms with van der Waals surface area (Å²) in [5.74, 6) is 0.561. The quantitative estimate of drug-likeness (QED) is 0.711. The van der Waals surface area contributed by atoms with E-state index in [0.29, 0.717) is 30.4 Å². The molecule has 146 valence electrons. The largest absolute Gasteiger partial charge is 0.360 e. The maximum atomic E-state index is 12.7. The summed E-state index contributed by atoms with van der Waals surface area (Å²) in [6.45, 7) is 3.89. The van der Waals surface area contributed by atoms with Crippen LogP contribution in [0, 0.1) is 6.92 Å². The van der Waals surface area contributed by atoms with E-state index in [-0.39, 0.29) is 11.7 Å². The lowest BCUT2D eigenvalue weighted by Crippen LogP contribution is -2.28. The van der Waals surface area contributed by atoms with Gasteiger partial charge in [0.2, 0.25) is 0 Å². The van der Waals surface area contributed by atoms with Gasteiger partial charge in [0.25, 0.3) is 11.8 Å². The predicted octanol–water partition coefficient (Wildman–Crippen LogP) is 1.45. The standard InChI is InChI=1S/C18H26N6O3/c1-12-11-14(22-27-12)20-18(26)16-21-15(13-7-4-5-10-24(13)16)17(25)19-8-6-9-23(2)3/h11H,4-10H2,1-3H3,(H,19,25)(H,20,22,26). The molecule has 0 aromatic carbocycles. The number of amides is 2. The summed E-state index contributed by atoms with van der Waals surface area (Å²) >= 11 is 0. The molecule has 0 fully saturated rings. The van der Waals surface area contributed by atoms with Gasteiger partial charge in [-0.1, -0.05) is 5.16 Å². The van der Waals surface area contributed by atoms with Gasteiger partial charge in [-0.05, 0) is 53.2 Å². The fourth-order valence-electron chi connectivity index (χ4n) is 3.18. The summed E-state index contributed by atoms with van der Waals surface area (Å²) in [6.07, 6.45) is 3.53. The van der Waals surface area contributed by atoms with E-state index < -0.39 is 5.91 Å². The minimum atomic E-state index is -0.391. The Morgan fingerprint density at radius 2 is 2.11 bits per heavy atom. The summed E-state index contributed by atoms with van der Waals surface area (Å²) in [6, 6.07) is 1.64. The molecule has 3 rings (SSSR count). The number of rotatable bonds is 7. The number of nitrogens with one attached hydrogen (secondary N) is 2. The lowest BCUT2D eigenvalue weighted by atomic mass is 10.1. The summed E-state index contributed by atoms with van der Waals surface area (Å²) in [5.41, 5.74) is 1.17. The highest BCUT2D eigenvalue weighted by molar-refractivity contribution is 6.03. The Kier molecular flexibility index (Phi) is 5.90. The van der Waals surface area contributed by atoms with E-state index >= 15 is 0 Å². The summed E-state index contributed by atoms with van der Waals surface area (Å²) in [7, 11) is 3.99. The van der Waals surface area contributed by atoms with Crippen molar-refractivity contribution >= 4 is 17.6 Å². The van der Waals surface area contributed by atoms with Crippen molar-refractivity contribution in [2.75, 3.05) is 32.5 Å². The lowest BCUT2D eigenvalue weighted by molar-refractivity contribution is 0.0946. The minimum Gasteiger partial charge on any atom is -0.360 e. The van der Waals surface area contributed by atoms with Crippen LogP contribution < -0.4 is 10.6 Å². The molecule has 1 aliphatic rings. The van der Waals surface area contributed by atoms with Crippen molar-refractivity contribution in [3.05, 3.63) is 29.0 Å². The minimum absolute atomic E-state index is 0.226. The second-order valence-corrected chi connectivity index (χ2v) is 7.03. The molecule has 0 saturated carbocycles. The van der Waals surface area contributed by atoms with Crippen LogP contribution in [0.3, 0.4) is 0 Å². The van der Waals surface area contributed by atoms with E-state index in [2.05, 4.69) is 25.7 Å². The smallest absolute Gasteiger partial charge is 0.292 e. The molecule has 2 aromatic rings. The molecule has 27 heavy (non-hydrogen) atoms. The molecule has 2 N–H and O–H groups in total. The second kappa shape index (κ2) is 8.34. The molecule has 0 radical (unpaired) electrons. The monoisotopic (exact) mass is 374 g/mol. The Hall–Kier alpha value is -2.68. The molecule has 0 aliphatic carbocycles. The van der Waals surface area contributed by atoms with Crippen LogP contribution in [-0.4, -0.2) is 58.6 Å². The van der Waals surface area contributed by atoms with Crippen molar-refractivity contribution in [1.29, 1.82) is 0 Å². The van der Waals surface area contributed by atoms with Crippen molar-refractivity contribution in [1.82, 2.24) is 24.9 Å². The summed E-state index contributed by atoms with van der Waals surface area (Å²) in [4.78, 5) is 31.7. The van der Waals surface area contributed by atoms with Gasteiger partial charge >= 0.3 is 0 Å². The average Bonchev–Trinajstić information content (AvgIpc) is 3.22. The number of aryl methyl sites for hydroxylation is 1. The molecule has 0 atom stereocenters. The molecule has 2 aromatic heterocycles. The number of anilines is 1. The van der Waals surface area contributed by atoms with E-state index in [1.807, 2.05) is 18.7 Å². The van der Waals surface area contributed by atoms with Crippen LogP contribution in [-0.2, 0) is 13.0 Å². The van der Waals surface area contributed by atoms with Crippen molar-refractivity contribution in [3.63, 3.8) is 0 Å². The van der Waals surface area contributed by atoms with Crippen LogP contribution in [0.5, 0.6) is 0 Å². The van der Waals surface area contributed by atoms with Gasteiger partial charge in [-0.2, -0.15) is 0 Å². The molecule has 0 bridgehead atoms. The van der Waals surface area contributed by atoms with Gasteiger partial charge in [0.15, 0.2) is 11.6 Å². The number of carbonyl (C=O) groups is 2. The van der Waals surface area contributed by atoms with Gasteiger partial charge < -0.3 is 24.6 Å². The Bertz CT molecular complexity index is 823. The Balaban J connectivity index is 1.75. The third kappa shape index (κ3) is 4.54. The number of hydrogen-bond acceptors (Lipinski definition) is 6. The van der Waals surface area contributed by atoms with E-state index in [1.54, 1.807) is 13.0 Å². The van der Waals surface area contributed by atoms with Gasteiger partial charge in [0.05, 0.1) is 5.69 Å². The SMILES string of the molecule is Cc1cc(NC(=O)c2nc(C(=O)NCCCN(C)C)c3n2CCCC3)no1. The lowest BCUT2D eigenvalue weighted by Gasteiger charge is -2.17. The first-order valence-electron chi connectivity index (χ1n) is 9.22. The van der Waals surface area contributed by atoms with Crippen molar-refractivity contribution in [3.8, 4) is 0 Å². The molecule has 1 aliphatic heterocycles. The number of imidazole rings is 1. The molecule has 9 heteroatoms. The van der Waals surface area contributed by atoms with Gasteiger partial charge in [-0.25, -0.2) is 4.98 Å². The highest BCUT2D eigenvalue weighted by atomic mass is 16.5. The number of aromatic nitrogens is 3. The van der Waals surface area contributed by atoms with E-state index in [4.69, 9.17) is 4.52 Å². The third-order valence-electron chi connectivity index (χ3n) is 4.47. The Labute approximate surface area is 158 Å². The highest BCUT2D eigenvalue weighted by Crippen LogP contribution is 2.22. The average molecular weight is 374 g/mol. The molecule has 0 unspecified atom stereocenters. The van der Waals surface area contributed by atoms with Crippen LogP contribution in [0.1, 0.15) is 51.8 Å². The molecule has 9 nitrogen and oxygen atoms in total. The van der Waals surface area contributed by atoms with Crippen LogP contribution in [0.2, 0.25) is 0 Å². The second-order valence-electron chi connectivity index (χ2n) is 7.03. The van der Waals surface area contributed by atoms with E-state index in [1.165, 1.54) is 0 Å². The van der Waals surface area contributed by atoms with Crippen molar-refractivity contribution < 1.29 is 14.1 Å². The normalized spacial score (nSPS) is 13.5. The molecule has 3 heterocycles. The fraction of sp³-hybridized carbons (Fsp3) is 0.556. The first-order chi connectivity index (χ1) is 13.0. The zero-order valence-corrected chi connectivity index (χ0v) is 16.0. The van der Waals surface area contributed by atoms with Crippen molar-refractivity contribution in [2.45, 2.75) is 39.2 Å². The van der Waals surface area contributed by atoms with Crippen LogP contribution >= 0.6 is 0 Å². The van der Waals surface area contributed by atoms with Gasteiger partial charge in [0, 0.05) is 19.2 Å². The third-order valence-corrected chi connectivity index (χ3v) is 4.47. The van der Waals surface area contributed by atoms with Crippen LogP contribution in [0.15, 0.2) is 10.6 Å². The number of carbonyl (C=O) groups excluding carboxylic acids is 2. The van der Waals surface area contributed by atoms with Crippen molar-refractivity contribution in [2.24, 2.45) is 0 Å². The number of nitrogens with zero attached hydrogens (tertiary/aromatic N) is 4. The van der Waals surface area contributed by atoms with Gasteiger partial charge in [-0.3, -0.25) is 9.59 Å². The predicted molar refractivity (Wildman–Crippen MR) is 99.9 cm³/mol. The Morgan fingerprint density at radius 3 is 2.81 bits per heavy atom. The molecule has 0 saturated heterocycles. The first-order valence-corrected chi connectivity index (χ1v) is 9.22.